The molecule has 0 unspecified atom stereocenters. The summed E-state index contributed by atoms with van der Waals surface area (Å²) in [5.41, 5.74) is 1.46. The van der Waals surface area contributed by atoms with Gasteiger partial charge in [-0.3, -0.25) is 4.57 Å². The summed E-state index contributed by atoms with van der Waals surface area (Å²) in [4.78, 5) is 68.6. The molecule has 13 nitrogen and oxygen atoms in total. The Hall–Kier alpha value is -4.18. The van der Waals surface area contributed by atoms with Crippen molar-refractivity contribution in [3.05, 3.63) is 34.9 Å². The Labute approximate surface area is 199 Å². The van der Waals surface area contributed by atoms with Gasteiger partial charge in [0.15, 0.2) is 24.3 Å². The molecule has 0 radical (unpaired) electrons. The number of hydrogen-bond donors (Lipinski definition) is 1. The summed E-state index contributed by atoms with van der Waals surface area (Å²) in [6, 6.07) is 1.34. The first-order valence-corrected chi connectivity index (χ1v) is 10.6. The van der Waals surface area contributed by atoms with Gasteiger partial charge in [-0.25, -0.2) is 29.5 Å². The number of hydrogen-bond acceptors (Lipinski definition) is 12. The van der Waals surface area contributed by atoms with E-state index in [1.54, 1.807) is 13.8 Å². The molecule has 0 amide bonds. The molecule has 1 aromatic rings. The fourth-order valence-electron chi connectivity index (χ4n) is 3.20. The molecule has 3 heterocycles. The van der Waals surface area contributed by atoms with Gasteiger partial charge in [-0.2, -0.15) is 4.98 Å². The highest BCUT2D eigenvalue weighted by molar-refractivity contribution is 5.92. The smallest absolute Gasteiger partial charge is 0.384 e. The molecule has 2 aliphatic rings. The van der Waals surface area contributed by atoms with Gasteiger partial charge in [0.05, 0.1) is 12.5 Å². The molecule has 13 heteroatoms. The van der Waals surface area contributed by atoms with Gasteiger partial charge >= 0.3 is 29.6 Å². The largest absolute Gasteiger partial charge is 0.456 e. The number of esters is 3. The molecule has 186 valence electrons. The zero-order valence-corrected chi connectivity index (χ0v) is 19.1. The summed E-state index contributed by atoms with van der Waals surface area (Å²) in [7, 11) is 0. The second-order valence-electron chi connectivity index (χ2n) is 7.68. The highest BCUT2D eigenvalue weighted by atomic mass is 16.7. The van der Waals surface area contributed by atoms with Crippen molar-refractivity contribution in [3.8, 4) is 11.8 Å². The van der Waals surface area contributed by atoms with Crippen molar-refractivity contribution in [2.75, 3.05) is 12.1 Å². The third kappa shape index (κ3) is 6.45. The normalized spacial score (nSPS) is 24.0. The third-order valence-corrected chi connectivity index (χ3v) is 4.84. The van der Waals surface area contributed by atoms with Crippen LogP contribution >= 0.6 is 0 Å². The molecule has 0 bridgehead atoms. The number of carbonyl (C=O) groups excluding carboxylic acids is 4. The summed E-state index contributed by atoms with van der Waals surface area (Å²) in [5.74, 6) is 1.24. The van der Waals surface area contributed by atoms with Crippen molar-refractivity contribution < 1.29 is 43.0 Å². The molecule has 0 aromatic carbocycles. The van der Waals surface area contributed by atoms with Gasteiger partial charge in [-0.1, -0.05) is 19.8 Å². The van der Waals surface area contributed by atoms with Crippen molar-refractivity contribution in [2.24, 2.45) is 5.92 Å². The Morgan fingerprint density at radius 1 is 1.17 bits per heavy atom. The van der Waals surface area contributed by atoms with Crippen LogP contribution in [0.5, 0.6) is 0 Å². The zero-order valence-electron chi connectivity index (χ0n) is 19.1. The topological polar surface area (TPSA) is 161 Å². The van der Waals surface area contributed by atoms with Gasteiger partial charge in [0.2, 0.25) is 0 Å². The van der Waals surface area contributed by atoms with Gasteiger partial charge in [-0.15, -0.1) is 0 Å². The third-order valence-electron chi connectivity index (χ3n) is 4.84. The number of carbonyl (C=O) groups is 4. The summed E-state index contributed by atoms with van der Waals surface area (Å²) in [6.07, 6.45) is -1.28. The molecule has 2 aliphatic heterocycles. The van der Waals surface area contributed by atoms with E-state index in [4.69, 9.17) is 23.8 Å². The molecule has 1 fully saturated rings. The zero-order chi connectivity index (χ0) is 25.5. The van der Waals surface area contributed by atoms with Crippen LogP contribution in [0.25, 0.3) is 0 Å². The molecule has 0 aliphatic carbocycles. The lowest BCUT2D eigenvalue weighted by Gasteiger charge is -2.25. The molecule has 0 spiro atoms. The SMILES string of the molecule is CC#CC(=O)OCC[C@H]1O[C@@H](n2ccc(NOC(=O)C(C)C)nc2=O)[C@@H]2OC(=O)/C=C\C(=O)O[C@@H]21. The monoisotopic (exact) mass is 489 g/mol. The van der Waals surface area contributed by atoms with Gasteiger partial charge in [0.25, 0.3) is 0 Å². The maximum absolute atomic E-state index is 12.7. The molecule has 1 saturated heterocycles. The van der Waals surface area contributed by atoms with Crippen LogP contribution in [0.15, 0.2) is 29.2 Å². The molecule has 3 rings (SSSR count). The Morgan fingerprint density at radius 3 is 2.49 bits per heavy atom. The molecule has 0 saturated carbocycles. The number of anilines is 1. The van der Waals surface area contributed by atoms with E-state index in [9.17, 15) is 24.0 Å². The second-order valence-corrected chi connectivity index (χ2v) is 7.68. The number of nitrogens with one attached hydrogen (secondary N) is 1. The molecule has 4 atom stereocenters. The van der Waals surface area contributed by atoms with Crippen LogP contribution in [0.2, 0.25) is 0 Å². The number of fused-ring (bicyclic) bond motifs is 1. The van der Waals surface area contributed by atoms with E-state index < -0.39 is 60.0 Å². The van der Waals surface area contributed by atoms with E-state index in [-0.39, 0.29) is 18.8 Å². The molecular formula is C22H23N3O10. The Kier molecular flexibility index (Phi) is 8.21. The van der Waals surface area contributed by atoms with Crippen molar-refractivity contribution >= 4 is 29.7 Å². The van der Waals surface area contributed by atoms with Gasteiger partial charge in [-0.05, 0) is 6.92 Å². The summed E-state index contributed by atoms with van der Waals surface area (Å²) in [5, 5.41) is 0. The van der Waals surface area contributed by atoms with Crippen LogP contribution in [-0.4, -0.2) is 58.3 Å². The first kappa shape index (κ1) is 25.4. The lowest BCUT2D eigenvalue weighted by Crippen LogP contribution is -2.42. The van der Waals surface area contributed by atoms with Crippen LogP contribution in [0.4, 0.5) is 5.82 Å². The van der Waals surface area contributed by atoms with Crippen molar-refractivity contribution in [1.29, 1.82) is 0 Å². The highest BCUT2D eigenvalue weighted by Gasteiger charge is 2.51. The summed E-state index contributed by atoms with van der Waals surface area (Å²) in [6.45, 7) is 4.62. The van der Waals surface area contributed by atoms with E-state index in [2.05, 4.69) is 22.3 Å². The van der Waals surface area contributed by atoms with E-state index >= 15 is 0 Å². The van der Waals surface area contributed by atoms with E-state index in [0.29, 0.717) is 0 Å². The second kappa shape index (κ2) is 11.3. The lowest BCUT2D eigenvalue weighted by atomic mass is 10.1. The van der Waals surface area contributed by atoms with Crippen LogP contribution in [0.1, 0.15) is 33.4 Å². The van der Waals surface area contributed by atoms with Crippen LogP contribution in [0, 0.1) is 17.8 Å². The maximum Gasteiger partial charge on any atom is 0.384 e. The van der Waals surface area contributed by atoms with Gasteiger partial charge in [0, 0.05) is 36.8 Å². The minimum Gasteiger partial charge on any atom is -0.456 e. The summed E-state index contributed by atoms with van der Waals surface area (Å²) >= 11 is 0. The van der Waals surface area contributed by atoms with Gasteiger partial charge < -0.3 is 23.8 Å². The first-order valence-electron chi connectivity index (χ1n) is 10.6. The van der Waals surface area contributed by atoms with Crippen LogP contribution in [-0.2, 0) is 43.0 Å². The van der Waals surface area contributed by atoms with Crippen LogP contribution in [0.3, 0.4) is 0 Å². The number of nitrogens with zero attached hydrogens (tertiary/aromatic N) is 2. The average Bonchev–Trinajstić information content (AvgIpc) is 3.11. The minimum atomic E-state index is -1.22. The van der Waals surface area contributed by atoms with E-state index in [1.807, 2.05) is 0 Å². The molecule has 35 heavy (non-hydrogen) atoms. The molecule has 1 N–H and O–H groups in total. The van der Waals surface area contributed by atoms with Crippen molar-refractivity contribution in [1.82, 2.24) is 9.55 Å². The predicted octanol–water partition coefficient (Wildman–Crippen LogP) is 0.0168. The highest BCUT2D eigenvalue weighted by Crippen LogP contribution is 2.35. The molecule has 1 aromatic heterocycles. The Balaban J connectivity index is 1.82. The Morgan fingerprint density at radius 2 is 1.86 bits per heavy atom. The number of ether oxygens (including phenoxy) is 4. The fourth-order valence-corrected chi connectivity index (χ4v) is 3.20. The first-order chi connectivity index (χ1) is 16.7. The van der Waals surface area contributed by atoms with E-state index in [1.165, 1.54) is 19.2 Å². The quantitative estimate of drug-likeness (QED) is 0.180. The molecular weight excluding hydrogens is 466 g/mol. The van der Waals surface area contributed by atoms with Gasteiger partial charge in [0.1, 0.15) is 6.10 Å². The standard InChI is InChI=1S/C22H23N3O10/c1-4-5-15(26)31-11-9-13-18-19(34-17(28)7-6-16(27)33-18)20(32-13)25-10-8-14(23-22(25)30)24-35-21(29)12(2)3/h6-8,10,12-13,18-20H,9,11H2,1-3H3,(H,23,24,30)/b7-6-/t13-,18-,19-,20-/m1/s1. The predicted molar refractivity (Wildman–Crippen MR) is 115 cm³/mol. The lowest BCUT2D eigenvalue weighted by molar-refractivity contribution is -0.164. The van der Waals surface area contributed by atoms with Crippen molar-refractivity contribution in [2.45, 2.75) is 51.7 Å². The van der Waals surface area contributed by atoms with Crippen molar-refractivity contribution in [3.63, 3.8) is 0 Å². The van der Waals surface area contributed by atoms with E-state index in [0.717, 1.165) is 16.7 Å². The summed E-state index contributed by atoms with van der Waals surface area (Å²) < 4.78 is 22.7. The maximum atomic E-state index is 12.7. The average molecular weight is 489 g/mol. The Bertz CT molecular complexity index is 1150. The minimum absolute atomic E-state index is 0.0423. The number of aromatic nitrogens is 2. The van der Waals surface area contributed by atoms with Crippen LogP contribution < -0.4 is 11.2 Å². The fraction of sp³-hybridized carbons (Fsp3) is 0.455. The number of rotatable bonds is 7.